The summed E-state index contributed by atoms with van der Waals surface area (Å²) < 4.78 is 25.7. The van der Waals surface area contributed by atoms with Crippen molar-refractivity contribution in [2.75, 3.05) is 6.61 Å². The third-order valence-electron chi connectivity index (χ3n) is 7.66. The second-order valence-corrected chi connectivity index (χ2v) is 35.3. The summed E-state index contributed by atoms with van der Waals surface area (Å²) >= 11 is 0. The molecule has 1 saturated carbocycles. The fraction of sp³-hybridized carbons (Fsp3) is 0.886. The van der Waals surface area contributed by atoms with Gasteiger partial charge in [-0.25, -0.2) is 0 Å². The molecular formula is C35H73NO6Si4. The molecule has 1 rings (SSSR count). The summed E-state index contributed by atoms with van der Waals surface area (Å²) in [5, 5.41) is 4.65. The van der Waals surface area contributed by atoms with Crippen molar-refractivity contribution < 1.29 is 27.3 Å². The molecule has 5 atom stereocenters. The van der Waals surface area contributed by atoms with Crippen molar-refractivity contribution in [1.29, 1.82) is 0 Å². The lowest BCUT2D eigenvalue weighted by Gasteiger charge is -2.35. The van der Waals surface area contributed by atoms with Crippen molar-refractivity contribution in [2.45, 2.75) is 181 Å². The Labute approximate surface area is 288 Å². The van der Waals surface area contributed by atoms with E-state index >= 15 is 0 Å². The summed E-state index contributed by atoms with van der Waals surface area (Å²) in [6.07, 6.45) is 14.6. The Morgan fingerprint density at radius 2 is 1.52 bits per heavy atom. The van der Waals surface area contributed by atoms with E-state index in [1.807, 2.05) is 6.92 Å². The van der Waals surface area contributed by atoms with Crippen LogP contribution in [0.15, 0.2) is 17.3 Å². The first-order chi connectivity index (χ1) is 20.9. The molecule has 0 spiro atoms. The van der Waals surface area contributed by atoms with Crippen LogP contribution in [0.25, 0.3) is 0 Å². The van der Waals surface area contributed by atoms with Gasteiger partial charge in [0.25, 0.3) is 5.97 Å². The predicted octanol–water partition coefficient (Wildman–Crippen LogP) is 10.5. The molecule has 1 aliphatic rings. The van der Waals surface area contributed by atoms with Crippen LogP contribution in [0.4, 0.5) is 0 Å². The highest BCUT2D eigenvalue weighted by Gasteiger charge is 2.42. The van der Waals surface area contributed by atoms with Crippen molar-refractivity contribution in [3.63, 3.8) is 0 Å². The van der Waals surface area contributed by atoms with Gasteiger partial charge in [-0.15, -0.1) is 0 Å². The standard InChI is InChI=1S/C35H73NO6Si4/c1-16-38-36-32-28-33(40-44(7,8)9)31(30(32)23-19-17-18-20-24-34(37)41-45(10,11)12)25-27-35(3,42-46(13,14)15)26-21-22-29(2)39-43(4,5)6/h25,27,29-31,33H,16-24,26,28H2,1-15H3/b27-25+,36-32+/t29?,30-,31-,33-,35+/m1/s1. The number of carbonyl (C=O) groups excluding carboxylic acids is 1. The zero-order valence-electron chi connectivity index (χ0n) is 32.6. The quantitative estimate of drug-likeness (QED) is 0.0481. The fourth-order valence-corrected chi connectivity index (χ4v) is 11.2. The molecule has 0 saturated heterocycles. The SMILES string of the molecule is CCO/N=C1\C[C@@H](O[Si](C)(C)C)[C@H](/C=C/[C@](C)(CCCC(C)O[Si](C)(C)C)O[Si](C)(C)C)[C@H]1CCCCCCC(=O)O[Si](C)(C)C. The van der Waals surface area contributed by atoms with Gasteiger partial charge < -0.3 is 22.5 Å². The highest BCUT2D eigenvalue weighted by Crippen LogP contribution is 2.40. The van der Waals surface area contributed by atoms with E-state index in [9.17, 15) is 4.79 Å². The fourth-order valence-electron chi connectivity index (χ4n) is 6.38. The molecule has 1 fully saturated rings. The van der Waals surface area contributed by atoms with E-state index in [1.54, 1.807) is 0 Å². The highest BCUT2D eigenvalue weighted by atomic mass is 28.4. The molecule has 0 aromatic rings. The minimum atomic E-state index is -1.82. The number of nitrogens with zero attached hydrogens (tertiary/aromatic N) is 1. The molecule has 0 amide bonds. The van der Waals surface area contributed by atoms with Crippen LogP contribution >= 0.6 is 0 Å². The molecule has 46 heavy (non-hydrogen) atoms. The zero-order chi connectivity index (χ0) is 35.4. The first kappa shape index (κ1) is 43.4. The van der Waals surface area contributed by atoms with Crippen LogP contribution < -0.4 is 0 Å². The minimum Gasteiger partial charge on any atom is -0.520 e. The molecule has 1 unspecified atom stereocenters. The molecule has 0 aromatic heterocycles. The van der Waals surface area contributed by atoms with E-state index < -0.39 is 33.3 Å². The normalized spacial score (nSPS) is 22.8. The molecule has 7 nitrogen and oxygen atoms in total. The maximum atomic E-state index is 12.2. The summed E-state index contributed by atoms with van der Waals surface area (Å²) in [6.45, 7) is 33.7. The van der Waals surface area contributed by atoms with E-state index in [-0.39, 0.29) is 35.6 Å². The Bertz CT molecular complexity index is 964. The second kappa shape index (κ2) is 19.0. The lowest BCUT2D eigenvalue weighted by molar-refractivity contribution is -0.135. The molecule has 0 heterocycles. The molecule has 270 valence electrons. The third-order valence-corrected chi connectivity index (χ3v) is 11.7. The highest BCUT2D eigenvalue weighted by molar-refractivity contribution is 6.71. The largest absolute Gasteiger partial charge is 0.520 e. The molecule has 0 radical (unpaired) electrons. The number of carbonyl (C=O) groups is 1. The van der Waals surface area contributed by atoms with E-state index in [0.29, 0.717) is 13.0 Å². The molecule has 0 aromatic carbocycles. The van der Waals surface area contributed by atoms with Gasteiger partial charge in [-0.05, 0) is 131 Å². The monoisotopic (exact) mass is 715 g/mol. The number of oxime groups is 1. The van der Waals surface area contributed by atoms with Gasteiger partial charge in [0.1, 0.15) is 6.61 Å². The van der Waals surface area contributed by atoms with Gasteiger partial charge >= 0.3 is 0 Å². The number of hydrogen-bond acceptors (Lipinski definition) is 7. The van der Waals surface area contributed by atoms with Gasteiger partial charge in [0.05, 0.1) is 17.4 Å². The van der Waals surface area contributed by atoms with Crippen LogP contribution in [-0.2, 0) is 27.3 Å². The predicted molar refractivity (Wildman–Crippen MR) is 206 cm³/mol. The van der Waals surface area contributed by atoms with E-state index in [0.717, 1.165) is 63.5 Å². The van der Waals surface area contributed by atoms with Crippen molar-refractivity contribution in [3.05, 3.63) is 12.2 Å². The molecular weight excluding hydrogens is 643 g/mol. The van der Waals surface area contributed by atoms with Crippen molar-refractivity contribution in [1.82, 2.24) is 0 Å². The summed E-state index contributed by atoms with van der Waals surface area (Å²) in [7, 11) is -7.00. The van der Waals surface area contributed by atoms with Crippen LogP contribution in [-0.4, -0.2) is 69.4 Å². The lowest BCUT2D eigenvalue weighted by Crippen LogP contribution is -2.40. The topological polar surface area (TPSA) is 75.6 Å². The maximum Gasteiger partial charge on any atom is 0.292 e. The Morgan fingerprint density at radius 1 is 0.891 bits per heavy atom. The van der Waals surface area contributed by atoms with E-state index in [4.69, 9.17) is 22.5 Å². The van der Waals surface area contributed by atoms with Gasteiger partial charge in [0.15, 0.2) is 25.0 Å². The second-order valence-electron chi connectivity index (χ2n) is 17.5. The average molecular weight is 716 g/mol. The van der Waals surface area contributed by atoms with Crippen LogP contribution in [0.5, 0.6) is 0 Å². The number of rotatable bonds is 22. The van der Waals surface area contributed by atoms with E-state index in [2.05, 4.69) is 110 Å². The van der Waals surface area contributed by atoms with E-state index in [1.165, 1.54) is 0 Å². The van der Waals surface area contributed by atoms with Gasteiger partial charge in [-0.1, -0.05) is 36.6 Å². The van der Waals surface area contributed by atoms with Crippen LogP contribution in [0.1, 0.15) is 85.0 Å². The molecule has 0 aliphatic heterocycles. The lowest BCUT2D eigenvalue weighted by atomic mass is 9.86. The van der Waals surface area contributed by atoms with Gasteiger partial charge in [-0.3, -0.25) is 4.79 Å². The summed E-state index contributed by atoms with van der Waals surface area (Å²) in [5.74, 6) is 0.443. The Hall–Kier alpha value is -0.572. The first-order valence-electron chi connectivity index (χ1n) is 18.1. The summed E-state index contributed by atoms with van der Waals surface area (Å²) in [5.41, 5.74) is 0.783. The van der Waals surface area contributed by atoms with Crippen LogP contribution in [0.3, 0.4) is 0 Å². The third kappa shape index (κ3) is 20.1. The Morgan fingerprint density at radius 3 is 2.07 bits per heavy atom. The van der Waals surface area contributed by atoms with Crippen molar-refractivity contribution >= 4 is 45.0 Å². The van der Waals surface area contributed by atoms with Gasteiger partial charge in [-0.2, -0.15) is 0 Å². The Kier molecular flexibility index (Phi) is 17.9. The zero-order valence-corrected chi connectivity index (χ0v) is 36.6. The number of unbranched alkanes of at least 4 members (excludes halogenated alkanes) is 3. The molecule has 0 bridgehead atoms. The van der Waals surface area contributed by atoms with Crippen LogP contribution in [0, 0.1) is 11.8 Å². The average Bonchev–Trinajstić information content (AvgIpc) is 3.14. The Balaban J connectivity index is 3.15. The maximum absolute atomic E-state index is 12.2. The van der Waals surface area contributed by atoms with Crippen molar-refractivity contribution in [2.24, 2.45) is 17.0 Å². The van der Waals surface area contributed by atoms with Gasteiger partial charge in [0.2, 0.25) is 8.32 Å². The number of hydrogen-bond donors (Lipinski definition) is 0. The van der Waals surface area contributed by atoms with Crippen LogP contribution in [0.2, 0.25) is 78.6 Å². The molecule has 11 heteroatoms. The van der Waals surface area contributed by atoms with Crippen molar-refractivity contribution in [3.8, 4) is 0 Å². The van der Waals surface area contributed by atoms with Gasteiger partial charge in [0, 0.05) is 30.8 Å². The smallest absolute Gasteiger partial charge is 0.292 e. The molecule has 1 aliphatic carbocycles. The first-order valence-corrected chi connectivity index (χ1v) is 31.7. The molecule has 0 N–H and O–H groups in total. The minimum absolute atomic E-state index is 0.0424. The summed E-state index contributed by atoms with van der Waals surface area (Å²) in [6, 6.07) is 0. The summed E-state index contributed by atoms with van der Waals surface area (Å²) in [4.78, 5) is 17.8.